The molecule has 0 spiro atoms. The number of benzene rings is 1. The number of ether oxygens (including phenoxy) is 1. The maximum Gasteiger partial charge on any atom is 0.412 e. The van der Waals surface area contributed by atoms with E-state index in [1.54, 1.807) is 6.07 Å². The Hall–Kier alpha value is -1.55. The summed E-state index contributed by atoms with van der Waals surface area (Å²) in [5.41, 5.74) is 6.27. The summed E-state index contributed by atoms with van der Waals surface area (Å²) in [5.74, 6) is 0.606. The van der Waals surface area contributed by atoms with Gasteiger partial charge in [0.05, 0.1) is 0 Å². The van der Waals surface area contributed by atoms with Crippen LogP contribution in [0.15, 0.2) is 24.3 Å². The predicted molar refractivity (Wildman–Crippen MR) is 58.9 cm³/mol. The highest BCUT2D eigenvalue weighted by Crippen LogP contribution is 2.18. The van der Waals surface area contributed by atoms with Gasteiger partial charge in [0.15, 0.2) is 0 Å². The first-order chi connectivity index (χ1) is 7.27. The van der Waals surface area contributed by atoms with Crippen molar-refractivity contribution in [1.29, 1.82) is 0 Å². The van der Waals surface area contributed by atoms with E-state index in [4.69, 9.17) is 10.5 Å². The number of carbonyl (C=O) groups is 1. The molecule has 1 rings (SSSR count). The van der Waals surface area contributed by atoms with Gasteiger partial charge in [-0.2, -0.15) is 0 Å². The SMILES string of the molecule is CCc1ccccc1OC(=O)NCCN. The lowest BCUT2D eigenvalue weighted by Crippen LogP contribution is -2.31. The molecule has 1 aromatic rings. The summed E-state index contributed by atoms with van der Waals surface area (Å²) in [7, 11) is 0. The zero-order valence-corrected chi connectivity index (χ0v) is 8.82. The van der Waals surface area contributed by atoms with Crippen molar-refractivity contribution in [3.63, 3.8) is 0 Å². The molecule has 0 aliphatic rings. The first-order valence-electron chi connectivity index (χ1n) is 5.01. The Morgan fingerprint density at radius 3 is 2.87 bits per heavy atom. The van der Waals surface area contributed by atoms with Crippen LogP contribution in [0.3, 0.4) is 0 Å². The van der Waals surface area contributed by atoms with Crippen LogP contribution in [0, 0.1) is 0 Å². The second-order valence-electron chi connectivity index (χ2n) is 3.07. The molecule has 0 aromatic heterocycles. The molecule has 3 N–H and O–H groups in total. The van der Waals surface area contributed by atoms with Gasteiger partial charge in [0.1, 0.15) is 5.75 Å². The van der Waals surface area contributed by atoms with Gasteiger partial charge in [0, 0.05) is 13.1 Å². The van der Waals surface area contributed by atoms with E-state index in [9.17, 15) is 4.79 Å². The third-order valence-electron chi connectivity index (χ3n) is 1.97. The molecular formula is C11H16N2O2. The number of carbonyl (C=O) groups excluding carboxylic acids is 1. The summed E-state index contributed by atoms with van der Waals surface area (Å²) in [6, 6.07) is 7.47. The summed E-state index contributed by atoms with van der Waals surface area (Å²) in [6.45, 7) is 2.84. The number of rotatable bonds is 4. The molecule has 1 amide bonds. The number of para-hydroxylation sites is 1. The number of nitrogens with two attached hydrogens (primary N) is 1. The van der Waals surface area contributed by atoms with Crippen molar-refractivity contribution >= 4 is 6.09 Å². The molecule has 0 heterocycles. The van der Waals surface area contributed by atoms with Crippen LogP contribution in [0.2, 0.25) is 0 Å². The average Bonchev–Trinajstić information content (AvgIpc) is 2.27. The fourth-order valence-corrected chi connectivity index (χ4v) is 1.21. The summed E-state index contributed by atoms with van der Waals surface area (Å²) < 4.78 is 5.13. The van der Waals surface area contributed by atoms with Crippen molar-refractivity contribution in [3.8, 4) is 5.75 Å². The van der Waals surface area contributed by atoms with Crippen molar-refractivity contribution in [2.24, 2.45) is 5.73 Å². The maximum absolute atomic E-state index is 11.3. The Morgan fingerprint density at radius 1 is 1.47 bits per heavy atom. The van der Waals surface area contributed by atoms with Gasteiger partial charge in [-0.05, 0) is 18.1 Å². The van der Waals surface area contributed by atoms with Gasteiger partial charge in [-0.25, -0.2) is 4.79 Å². The molecule has 0 saturated heterocycles. The lowest BCUT2D eigenvalue weighted by Gasteiger charge is -2.08. The Morgan fingerprint density at radius 2 is 2.20 bits per heavy atom. The quantitative estimate of drug-likeness (QED) is 0.783. The van der Waals surface area contributed by atoms with Gasteiger partial charge in [0.25, 0.3) is 0 Å². The zero-order valence-electron chi connectivity index (χ0n) is 8.82. The van der Waals surface area contributed by atoms with E-state index in [1.807, 2.05) is 25.1 Å². The lowest BCUT2D eigenvalue weighted by atomic mass is 10.1. The number of hydrogen-bond acceptors (Lipinski definition) is 3. The van der Waals surface area contributed by atoms with Gasteiger partial charge in [-0.3, -0.25) is 0 Å². The molecule has 0 radical (unpaired) electrons. The Labute approximate surface area is 89.4 Å². The van der Waals surface area contributed by atoms with E-state index < -0.39 is 6.09 Å². The average molecular weight is 208 g/mol. The van der Waals surface area contributed by atoms with Crippen LogP contribution in [-0.4, -0.2) is 19.2 Å². The monoisotopic (exact) mass is 208 g/mol. The largest absolute Gasteiger partial charge is 0.412 e. The first-order valence-corrected chi connectivity index (χ1v) is 5.01. The Kier molecular flexibility index (Phi) is 4.63. The second-order valence-corrected chi connectivity index (χ2v) is 3.07. The molecule has 1 aromatic carbocycles. The van der Waals surface area contributed by atoms with Crippen LogP contribution in [0.5, 0.6) is 5.75 Å². The summed E-state index contributed by atoms with van der Waals surface area (Å²) in [5, 5.41) is 2.55. The first kappa shape index (κ1) is 11.5. The molecule has 0 saturated carbocycles. The van der Waals surface area contributed by atoms with Crippen LogP contribution >= 0.6 is 0 Å². The summed E-state index contributed by atoms with van der Waals surface area (Å²) in [4.78, 5) is 11.3. The fourth-order valence-electron chi connectivity index (χ4n) is 1.21. The highest BCUT2D eigenvalue weighted by atomic mass is 16.6. The number of nitrogens with one attached hydrogen (secondary N) is 1. The normalized spacial score (nSPS) is 9.73. The standard InChI is InChI=1S/C11H16N2O2/c1-2-9-5-3-4-6-10(9)15-11(14)13-8-7-12/h3-6H,2,7-8,12H2,1H3,(H,13,14). The van der Waals surface area contributed by atoms with E-state index in [-0.39, 0.29) is 0 Å². The fraction of sp³-hybridized carbons (Fsp3) is 0.364. The Bertz CT molecular complexity index is 326. The van der Waals surface area contributed by atoms with Crippen molar-refractivity contribution in [3.05, 3.63) is 29.8 Å². The molecule has 15 heavy (non-hydrogen) atoms. The zero-order chi connectivity index (χ0) is 11.1. The molecular weight excluding hydrogens is 192 g/mol. The van der Waals surface area contributed by atoms with Crippen LogP contribution in [0.1, 0.15) is 12.5 Å². The lowest BCUT2D eigenvalue weighted by molar-refractivity contribution is 0.200. The second kappa shape index (κ2) is 6.03. The minimum absolute atomic E-state index is 0.407. The molecule has 82 valence electrons. The van der Waals surface area contributed by atoms with E-state index in [2.05, 4.69) is 5.32 Å². The highest BCUT2D eigenvalue weighted by molar-refractivity contribution is 5.70. The van der Waals surface area contributed by atoms with E-state index >= 15 is 0 Å². The van der Waals surface area contributed by atoms with Crippen molar-refractivity contribution < 1.29 is 9.53 Å². The van der Waals surface area contributed by atoms with Gasteiger partial charge in [-0.1, -0.05) is 25.1 Å². The van der Waals surface area contributed by atoms with Gasteiger partial charge < -0.3 is 15.8 Å². The third-order valence-corrected chi connectivity index (χ3v) is 1.97. The molecule has 0 fully saturated rings. The van der Waals surface area contributed by atoms with Crippen LogP contribution < -0.4 is 15.8 Å². The number of aryl methyl sites for hydroxylation is 1. The molecule has 4 nitrogen and oxygen atoms in total. The molecule has 0 unspecified atom stereocenters. The number of amides is 1. The third kappa shape index (κ3) is 3.59. The van der Waals surface area contributed by atoms with Crippen molar-refractivity contribution in [2.45, 2.75) is 13.3 Å². The maximum atomic E-state index is 11.3. The minimum Gasteiger partial charge on any atom is -0.410 e. The molecule has 0 atom stereocenters. The highest BCUT2D eigenvalue weighted by Gasteiger charge is 2.06. The molecule has 0 bridgehead atoms. The predicted octanol–water partition coefficient (Wildman–Crippen LogP) is 1.30. The van der Waals surface area contributed by atoms with Crippen molar-refractivity contribution in [1.82, 2.24) is 5.32 Å². The molecule has 4 heteroatoms. The summed E-state index contributed by atoms with van der Waals surface area (Å²) in [6.07, 6.45) is 0.377. The molecule has 0 aliphatic heterocycles. The number of hydrogen-bond donors (Lipinski definition) is 2. The van der Waals surface area contributed by atoms with Gasteiger partial charge >= 0.3 is 6.09 Å². The van der Waals surface area contributed by atoms with E-state index in [1.165, 1.54) is 0 Å². The van der Waals surface area contributed by atoms with Crippen LogP contribution in [0.25, 0.3) is 0 Å². The van der Waals surface area contributed by atoms with Crippen LogP contribution in [0.4, 0.5) is 4.79 Å². The van der Waals surface area contributed by atoms with Gasteiger partial charge in [0.2, 0.25) is 0 Å². The van der Waals surface area contributed by atoms with Gasteiger partial charge in [-0.15, -0.1) is 0 Å². The summed E-state index contributed by atoms with van der Waals surface area (Å²) >= 11 is 0. The molecule has 0 aliphatic carbocycles. The van der Waals surface area contributed by atoms with Crippen molar-refractivity contribution in [2.75, 3.05) is 13.1 Å². The van der Waals surface area contributed by atoms with E-state index in [0.29, 0.717) is 18.8 Å². The smallest absolute Gasteiger partial charge is 0.410 e. The topological polar surface area (TPSA) is 64.3 Å². The minimum atomic E-state index is -0.457. The van der Waals surface area contributed by atoms with E-state index in [0.717, 1.165) is 12.0 Å². The Balaban J connectivity index is 2.59. The van der Waals surface area contributed by atoms with Crippen LogP contribution in [-0.2, 0) is 6.42 Å².